The Morgan fingerprint density at radius 3 is 2.67 bits per heavy atom. The van der Waals surface area contributed by atoms with Gasteiger partial charge < -0.3 is 5.32 Å². The second-order valence-corrected chi connectivity index (χ2v) is 4.52. The summed E-state index contributed by atoms with van der Waals surface area (Å²) in [6, 6.07) is 0. The molecule has 0 aromatic carbocycles. The van der Waals surface area contributed by atoms with Gasteiger partial charge in [0.25, 0.3) is 0 Å². The van der Waals surface area contributed by atoms with Crippen LogP contribution in [0, 0.1) is 11.8 Å². The molecule has 0 amide bonds. The van der Waals surface area contributed by atoms with E-state index in [1.54, 1.807) is 0 Å². The van der Waals surface area contributed by atoms with Gasteiger partial charge in [0.05, 0.1) is 0 Å². The molecule has 1 saturated carbocycles. The number of nitrogens with one attached hydrogen (secondary N) is 1. The lowest BCUT2D eigenvalue weighted by molar-refractivity contribution is 0.567. The van der Waals surface area contributed by atoms with Crippen LogP contribution in [0.4, 0.5) is 0 Å². The second-order valence-electron chi connectivity index (χ2n) is 4.52. The van der Waals surface area contributed by atoms with E-state index in [2.05, 4.69) is 5.32 Å². The molecule has 2 rings (SSSR count). The van der Waals surface area contributed by atoms with Gasteiger partial charge in [0.2, 0.25) is 0 Å². The van der Waals surface area contributed by atoms with E-state index in [9.17, 15) is 0 Å². The van der Waals surface area contributed by atoms with Gasteiger partial charge in [-0.2, -0.15) is 0 Å². The molecule has 70 valence electrons. The van der Waals surface area contributed by atoms with Gasteiger partial charge in [0.15, 0.2) is 0 Å². The van der Waals surface area contributed by atoms with Gasteiger partial charge in [-0.05, 0) is 37.8 Å². The molecule has 0 spiro atoms. The smallest absolute Gasteiger partial charge is 0.00178 e. The van der Waals surface area contributed by atoms with Crippen molar-refractivity contribution in [2.45, 2.75) is 44.9 Å². The minimum atomic E-state index is 1.06. The van der Waals surface area contributed by atoms with E-state index < -0.39 is 0 Å². The van der Waals surface area contributed by atoms with Crippen LogP contribution in [0.2, 0.25) is 0 Å². The number of hydrogen-bond acceptors (Lipinski definition) is 1. The average Bonchev–Trinajstić information content (AvgIpc) is 2.78. The molecule has 2 fully saturated rings. The van der Waals surface area contributed by atoms with Crippen LogP contribution >= 0.6 is 0 Å². The lowest BCUT2D eigenvalue weighted by Gasteiger charge is -2.01. The molecule has 1 aliphatic carbocycles. The Morgan fingerprint density at radius 2 is 1.67 bits per heavy atom. The summed E-state index contributed by atoms with van der Waals surface area (Å²) in [5, 5.41) is 3.57. The minimum Gasteiger partial charge on any atom is -0.316 e. The van der Waals surface area contributed by atoms with Gasteiger partial charge in [-0.15, -0.1) is 0 Å². The van der Waals surface area contributed by atoms with Crippen LogP contribution in [-0.2, 0) is 0 Å². The normalized spacial score (nSPS) is 38.0. The molecule has 0 aromatic heterocycles. The highest BCUT2D eigenvalue weighted by Gasteiger charge is 2.35. The summed E-state index contributed by atoms with van der Waals surface area (Å²) in [6.07, 6.45) is 10.3. The molecule has 2 atom stereocenters. The van der Waals surface area contributed by atoms with Gasteiger partial charge in [-0.3, -0.25) is 0 Å². The SMILES string of the molecule is C1CCCNCC2CC2CCC1. The summed E-state index contributed by atoms with van der Waals surface area (Å²) in [5.41, 5.74) is 0. The number of rotatable bonds is 0. The molecular weight excluding hydrogens is 146 g/mol. The topological polar surface area (TPSA) is 12.0 Å². The third-order valence-corrected chi connectivity index (χ3v) is 3.40. The number of fused-ring (bicyclic) bond motifs is 1. The largest absolute Gasteiger partial charge is 0.316 e. The van der Waals surface area contributed by atoms with E-state index >= 15 is 0 Å². The maximum absolute atomic E-state index is 3.57. The van der Waals surface area contributed by atoms with Gasteiger partial charge >= 0.3 is 0 Å². The predicted molar refractivity (Wildman–Crippen MR) is 52.2 cm³/mol. The van der Waals surface area contributed by atoms with Crippen molar-refractivity contribution in [3.8, 4) is 0 Å². The fraction of sp³-hybridized carbons (Fsp3) is 1.00. The Hall–Kier alpha value is -0.0400. The highest BCUT2D eigenvalue weighted by Crippen LogP contribution is 2.41. The highest BCUT2D eigenvalue weighted by molar-refractivity contribution is 4.87. The minimum absolute atomic E-state index is 1.06. The molecular formula is C11H21N. The van der Waals surface area contributed by atoms with Crippen LogP contribution in [0.3, 0.4) is 0 Å². The number of hydrogen-bond donors (Lipinski definition) is 1. The van der Waals surface area contributed by atoms with Gasteiger partial charge in [-0.1, -0.05) is 32.1 Å². The third-order valence-electron chi connectivity index (χ3n) is 3.40. The molecule has 12 heavy (non-hydrogen) atoms. The van der Waals surface area contributed by atoms with Crippen molar-refractivity contribution < 1.29 is 0 Å². The zero-order valence-corrected chi connectivity index (χ0v) is 8.02. The Morgan fingerprint density at radius 1 is 0.833 bits per heavy atom. The van der Waals surface area contributed by atoms with Crippen LogP contribution in [0.15, 0.2) is 0 Å². The van der Waals surface area contributed by atoms with Gasteiger partial charge in [-0.25, -0.2) is 0 Å². The second kappa shape index (κ2) is 4.27. The first-order valence-electron chi connectivity index (χ1n) is 5.67. The summed E-state index contributed by atoms with van der Waals surface area (Å²) in [4.78, 5) is 0. The van der Waals surface area contributed by atoms with Crippen molar-refractivity contribution in [1.29, 1.82) is 0 Å². The van der Waals surface area contributed by atoms with Crippen LogP contribution in [0.5, 0.6) is 0 Å². The van der Waals surface area contributed by atoms with E-state index in [0.717, 1.165) is 11.8 Å². The maximum atomic E-state index is 3.57. The molecule has 1 heteroatoms. The Kier molecular flexibility index (Phi) is 3.04. The molecule has 0 radical (unpaired) electrons. The fourth-order valence-corrected chi connectivity index (χ4v) is 2.39. The molecule has 0 bridgehead atoms. The zero-order chi connectivity index (χ0) is 8.23. The van der Waals surface area contributed by atoms with Crippen molar-refractivity contribution >= 4 is 0 Å². The Balaban J connectivity index is 1.70. The predicted octanol–water partition coefficient (Wildman–Crippen LogP) is 2.57. The third kappa shape index (κ3) is 2.48. The van der Waals surface area contributed by atoms with E-state index in [1.807, 2.05) is 0 Å². The van der Waals surface area contributed by atoms with Crippen LogP contribution in [0.25, 0.3) is 0 Å². The van der Waals surface area contributed by atoms with E-state index in [-0.39, 0.29) is 0 Å². The first-order valence-corrected chi connectivity index (χ1v) is 5.67. The van der Waals surface area contributed by atoms with Crippen molar-refractivity contribution in [3.05, 3.63) is 0 Å². The lowest BCUT2D eigenvalue weighted by atomic mass is 10.1. The van der Waals surface area contributed by atoms with Crippen LogP contribution < -0.4 is 5.32 Å². The Bertz CT molecular complexity index is 119. The Labute approximate surface area is 75.9 Å². The van der Waals surface area contributed by atoms with Gasteiger partial charge in [0.1, 0.15) is 0 Å². The molecule has 2 aliphatic rings. The standard InChI is InChI=1S/C11H21N/c1-2-4-6-10-8-11(10)9-12-7-5-3-1/h10-12H,1-9H2. The van der Waals surface area contributed by atoms with E-state index in [0.29, 0.717) is 0 Å². The molecule has 2 unspecified atom stereocenters. The van der Waals surface area contributed by atoms with Crippen molar-refractivity contribution in [2.75, 3.05) is 13.1 Å². The summed E-state index contributed by atoms with van der Waals surface area (Å²) in [7, 11) is 0. The molecule has 1 nitrogen and oxygen atoms in total. The summed E-state index contributed by atoms with van der Waals surface area (Å²) >= 11 is 0. The maximum Gasteiger partial charge on any atom is -0.00178 e. The first kappa shape index (κ1) is 8.55. The lowest BCUT2D eigenvalue weighted by Crippen LogP contribution is -2.18. The fourth-order valence-electron chi connectivity index (χ4n) is 2.39. The quantitative estimate of drug-likeness (QED) is 0.584. The molecule has 1 heterocycles. The monoisotopic (exact) mass is 167 g/mol. The van der Waals surface area contributed by atoms with Crippen LogP contribution in [-0.4, -0.2) is 13.1 Å². The highest BCUT2D eigenvalue weighted by atomic mass is 14.9. The summed E-state index contributed by atoms with van der Waals surface area (Å²) < 4.78 is 0. The van der Waals surface area contributed by atoms with Gasteiger partial charge in [0, 0.05) is 0 Å². The average molecular weight is 167 g/mol. The van der Waals surface area contributed by atoms with Crippen LogP contribution in [0.1, 0.15) is 44.9 Å². The van der Waals surface area contributed by atoms with E-state index in [4.69, 9.17) is 0 Å². The van der Waals surface area contributed by atoms with Crippen molar-refractivity contribution in [1.82, 2.24) is 5.32 Å². The first-order chi connectivity index (χ1) is 5.97. The molecule has 1 aliphatic heterocycles. The molecule has 1 saturated heterocycles. The summed E-state index contributed by atoms with van der Waals surface area (Å²) in [5.74, 6) is 2.17. The molecule has 0 aromatic rings. The van der Waals surface area contributed by atoms with Crippen molar-refractivity contribution in [2.24, 2.45) is 11.8 Å². The van der Waals surface area contributed by atoms with Crippen molar-refractivity contribution in [3.63, 3.8) is 0 Å². The zero-order valence-electron chi connectivity index (χ0n) is 8.02. The van der Waals surface area contributed by atoms with E-state index in [1.165, 1.54) is 58.0 Å². The summed E-state index contributed by atoms with van der Waals surface area (Å²) in [6.45, 7) is 2.58. The molecule has 1 N–H and O–H groups in total.